The first-order valence-corrected chi connectivity index (χ1v) is 18.5. The molecule has 0 spiro atoms. The molecule has 0 bridgehead atoms. The molecule has 0 N–H and O–H groups in total. The van der Waals surface area contributed by atoms with Crippen LogP contribution >= 0.6 is 0 Å². The molecule has 6 aromatic carbocycles. The van der Waals surface area contributed by atoms with Crippen molar-refractivity contribution < 1.29 is 46.1 Å². The van der Waals surface area contributed by atoms with Gasteiger partial charge in [0, 0.05) is 0 Å². The third kappa shape index (κ3) is 4.16. The average Bonchev–Trinajstić information content (AvgIpc) is 3.78. The van der Waals surface area contributed by atoms with Crippen molar-refractivity contribution in [3.8, 4) is 0 Å². The number of fused-ring (bicyclic) bond motifs is 10. The van der Waals surface area contributed by atoms with E-state index in [0.717, 1.165) is 12.8 Å². The summed E-state index contributed by atoms with van der Waals surface area (Å²) < 4.78 is 5.44. The second-order valence-electron chi connectivity index (χ2n) is 11.8. The summed E-state index contributed by atoms with van der Waals surface area (Å²) in [6, 6.07) is 36.9. The summed E-state index contributed by atoms with van der Waals surface area (Å²) in [4.78, 5) is 0. The van der Waals surface area contributed by atoms with E-state index in [-0.39, 0.29) is 24.8 Å². The van der Waals surface area contributed by atoms with Crippen LogP contribution in [0.1, 0.15) is 47.9 Å². The summed E-state index contributed by atoms with van der Waals surface area (Å²) in [5, 5.41) is 11.3. The summed E-state index contributed by atoms with van der Waals surface area (Å²) in [6.07, 6.45) is 12.9. The van der Waals surface area contributed by atoms with Crippen LogP contribution in [-0.4, -0.2) is 3.21 Å². The third-order valence-corrected chi connectivity index (χ3v) is 17.7. The Morgan fingerprint density at radius 3 is 1.38 bits per heavy atom. The van der Waals surface area contributed by atoms with Crippen molar-refractivity contribution in [1.29, 1.82) is 0 Å². The van der Waals surface area contributed by atoms with Crippen LogP contribution in [0.4, 0.5) is 0 Å². The van der Waals surface area contributed by atoms with Crippen LogP contribution in [0.5, 0.6) is 0 Å². The summed E-state index contributed by atoms with van der Waals surface area (Å²) >= 11 is -2.30. The van der Waals surface area contributed by atoms with E-state index in [1.807, 2.05) is 3.21 Å². The average molecular weight is 661 g/mol. The molecule has 42 heavy (non-hydrogen) atoms. The van der Waals surface area contributed by atoms with Gasteiger partial charge in [-0.2, -0.15) is 0 Å². The van der Waals surface area contributed by atoms with Gasteiger partial charge in [-0.1, -0.05) is 0 Å². The van der Waals surface area contributed by atoms with Crippen LogP contribution in [0.2, 0.25) is 0 Å². The molecule has 3 aliphatic rings. The fraction of sp³-hybridized carbons (Fsp3) is 0.154. The third-order valence-electron chi connectivity index (χ3n) is 9.74. The molecule has 6 aromatic rings. The van der Waals surface area contributed by atoms with E-state index >= 15 is 0 Å². The molecule has 3 heteroatoms. The number of allylic oxidation sites excluding steroid dienone is 2. The van der Waals surface area contributed by atoms with Crippen molar-refractivity contribution in [3.05, 3.63) is 131 Å². The van der Waals surface area contributed by atoms with E-state index in [1.54, 1.807) is 28.8 Å². The molecule has 9 rings (SSSR count). The smallest absolute Gasteiger partial charge is 1.00 e. The van der Waals surface area contributed by atoms with Gasteiger partial charge < -0.3 is 24.8 Å². The summed E-state index contributed by atoms with van der Waals surface area (Å²) in [7, 11) is 0. The SMILES string of the molecule is C1=[C]([Zr+2]([C]2=CCc3c2ccc2ccc4ccccc4c32)=[C]2CCCC2)c2ccc3ccc4ccccc4c3c2C1.[Cl-].[Cl-]. The molecule has 1 fully saturated rings. The zero-order chi connectivity index (χ0) is 26.2. The van der Waals surface area contributed by atoms with Crippen molar-refractivity contribution in [3.63, 3.8) is 0 Å². The first kappa shape index (κ1) is 28.0. The predicted octanol–water partition coefficient (Wildman–Crippen LogP) is 4.17. The van der Waals surface area contributed by atoms with Crippen LogP contribution in [0.3, 0.4) is 0 Å². The quantitative estimate of drug-likeness (QED) is 0.245. The van der Waals surface area contributed by atoms with Crippen molar-refractivity contribution >= 4 is 52.9 Å². The Labute approximate surface area is 267 Å². The first-order valence-electron chi connectivity index (χ1n) is 14.9. The number of hydrogen-bond acceptors (Lipinski definition) is 0. The molecule has 0 aliphatic heterocycles. The Bertz CT molecular complexity index is 2010. The largest absolute Gasteiger partial charge is 1.00 e. The van der Waals surface area contributed by atoms with E-state index in [0.29, 0.717) is 0 Å². The van der Waals surface area contributed by atoms with Crippen LogP contribution in [-0.2, 0) is 34.1 Å². The van der Waals surface area contributed by atoms with Gasteiger partial charge in [-0.15, -0.1) is 0 Å². The number of halogens is 2. The van der Waals surface area contributed by atoms with Gasteiger partial charge in [0.05, 0.1) is 0 Å². The minimum Gasteiger partial charge on any atom is -1.00 e. The Balaban J connectivity index is 0.00000144. The van der Waals surface area contributed by atoms with Gasteiger partial charge in [0.25, 0.3) is 0 Å². The number of benzene rings is 6. The molecule has 0 radical (unpaired) electrons. The monoisotopic (exact) mass is 658 g/mol. The minimum atomic E-state index is -2.30. The molecular formula is C39H30Cl2Zr. The Morgan fingerprint density at radius 2 is 0.881 bits per heavy atom. The second-order valence-corrected chi connectivity index (χ2v) is 18.0. The van der Waals surface area contributed by atoms with E-state index in [9.17, 15) is 0 Å². The fourth-order valence-corrected chi connectivity index (χ4v) is 16.6. The first-order chi connectivity index (χ1) is 19.8. The van der Waals surface area contributed by atoms with Gasteiger partial charge >= 0.3 is 244 Å². The molecule has 0 atom stereocenters. The van der Waals surface area contributed by atoms with Crippen molar-refractivity contribution in [2.24, 2.45) is 0 Å². The van der Waals surface area contributed by atoms with Crippen molar-refractivity contribution in [2.45, 2.75) is 38.5 Å². The zero-order valence-electron chi connectivity index (χ0n) is 23.4. The van der Waals surface area contributed by atoms with E-state index in [4.69, 9.17) is 0 Å². The summed E-state index contributed by atoms with van der Waals surface area (Å²) in [5.74, 6) is 0. The van der Waals surface area contributed by atoms with E-state index < -0.39 is 21.3 Å². The van der Waals surface area contributed by atoms with Crippen LogP contribution in [0.15, 0.2) is 109 Å². The molecule has 0 unspecified atom stereocenters. The van der Waals surface area contributed by atoms with Gasteiger partial charge in [-0.3, -0.25) is 0 Å². The normalized spacial score (nSPS) is 15.2. The predicted molar refractivity (Wildman–Crippen MR) is 170 cm³/mol. The van der Waals surface area contributed by atoms with E-state index in [1.165, 1.54) is 68.8 Å². The van der Waals surface area contributed by atoms with Gasteiger partial charge in [0.1, 0.15) is 0 Å². The molecule has 0 saturated heterocycles. The maximum atomic E-state index is 2.67. The number of hydrogen-bond donors (Lipinski definition) is 0. The molecule has 0 heterocycles. The van der Waals surface area contributed by atoms with Crippen molar-refractivity contribution in [1.82, 2.24) is 0 Å². The zero-order valence-corrected chi connectivity index (χ0v) is 27.4. The molecule has 0 nitrogen and oxygen atoms in total. The molecule has 1 saturated carbocycles. The Morgan fingerprint density at radius 1 is 0.452 bits per heavy atom. The molecule has 0 aromatic heterocycles. The van der Waals surface area contributed by atoms with Crippen LogP contribution < -0.4 is 24.8 Å². The minimum absolute atomic E-state index is 0. The second kappa shape index (κ2) is 11.0. The number of rotatable bonds is 2. The Hall–Kier alpha value is -2.83. The van der Waals surface area contributed by atoms with Crippen molar-refractivity contribution in [2.75, 3.05) is 0 Å². The van der Waals surface area contributed by atoms with Gasteiger partial charge in [-0.25, -0.2) is 0 Å². The van der Waals surface area contributed by atoms with E-state index in [2.05, 4.69) is 109 Å². The Kier molecular flexibility index (Phi) is 7.34. The topological polar surface area (TPSA) is 0 Å². The van der Waals surface area contributed by atoms with Crippen LogP contribution in [0, 0.1) is 0 Å². The van der Waals surface area contributed by atoms with Gasteiger partial charge in [0.15, 0.2) is 0 Å². The standard InChI is InChI=1S/2C17H11.C5H8.2ClH.Zr/c2*1-2-6-15-12(4-1)8-10-14-11-9-13-5-3-7-16(13)17(14)15;1-2-4-5-3-1;;;/h2*1-4,6,8-11H,7H2;1-4H2;2*1H;/q;;;;;+2/p-2. The van der Waals surface area contributed by atoms with Gasteiger partial charge in [0.2, 0.25) is 0 Å². The van der Waals surface area contributed by atoms with Crippen LogP contribution in [0.25, 0.3) is 49.7 Å². The molecule has 204 valence electrons. The molecular weight excluding hydrogens is 631 g/mol. The fourth-order valence-electron chi connectivity index (χ4n) is 7.95. The molecule has 3 aliphatic carbocycles. The summed E-state index contributed by atoms with van der Waals surface area (Å²) in [5.41, 5.74) is 6.28. The molecule has 0 amide bonds. The maximum Gasteiger partial charge on any atom is -1.00 e. The maximum absolute atomic E-state index is 2.67. The summed E-state index contributed by atoms with van der Waals surface area (Å²) in [6.45, 7) is 0. The van der Waals surface area contributed by atoms with Gasteiger partial charge in [-0.05, 0) is 0 Å².